The van der Waals surface area contributed by atoms with Crippen LogP contribution in [-0.2, 0) is 10.9 Å². The Morgan fingerprint density at radius 1 is 1.32 bits per heavy atom. The van der Waals surface area contributed by atoms with Crippen LogP contribution in [0.3, 0.4) is 0 Å². The third-order valence-electron chi connectivity index (χ3n) is 2.29. The molecule has 0 aromatic heterocycles. The molecule has 1 aromatic rings. The maximum absolute atomic E-state index is 12.5. The van der Waals surface area contributed by atoms with E-state index in [1.54, 1.807) is 0 Å². The van der Waals surface area contributed by atoms with Crippen LogP contribution in [0.5, 0.6) is 5.75 Å². The zero-order chi connectivity index (χ0) is 14.5. The van der Waals surface area contributed by atoms with Crippen LogP contribution >= 0.6 is 0 Å². The van der Waals surface area contributed by atoms with Gasteiger partial charge in [0.25, 0.3) is 0 Å². The van der Waals surface area contributed by atoms with Crippen molar-refractivity contribution >= 4 is 5.84 Å². The third kappa shape index (κ3) is 4.44. The van der Waals surface area contributed by atoms with Crippen LogP contribution in [0.1, 0.15) is 18.1 Å². The standard InChI is InChI=1S/C12H15F3N2O2/c1-2-18-5-6-19-10-4-3-8(12(13,14)15)7-9(10)11(16)17/h3-4,7H,2,5-6H2,1H3,(H3,16,17). The summed E-state index contributed by atoms with van der Waals surface area (Å²) < 4.78 is 47.9. The fourth-order valence-electron chi connectivity index (χ4n) is 1.40. The molecular weight excluding hydrogens is 261 g/mol. The molecule has 0 radical (unpaired) electrons. The van der Waals surface area contributed by atoms with Gasteiger partial charge in [0, 0.05) is 6.61 Å². The van der Waals surface area contributed by atoms with Gasteiger partial charge in [0.05, 0.1) is 17.7 Å². The summed E-state index contributed by atoms with van der Waals surface area (Å²) in [5.74, 6) is -0.335. The first kappa shape index (κ1) is 15.3. The van der Waals surface area contributed by atoms with Gasteiger partial charge in [-0.05, 0) is 25.1 Å². The molecule has 19 heavy (non-hydrogen) atoms. The summed E-state index contributed by atoms with van der Waals surface area (Å²) in [5.41, 5.74) is 4.32. The average Bonchev–Trinajstić information content (AvgIpc) is 2.33. The van der Waals surface area contributed by atoms with E-state index in [0.717, 1.165) is 18.2 Å². The number of rotatable bonds is 6. The number of nitrogens with one attached hydrogen (secondary N) is 1. The first-order valence-corrected chi connectivity index (χ1v) is 5.62. The van der Waals surface area contributed by atoms with E-state index < -0.39 is 17.6 Å². The van der Waals surface area contributed by atoms with Crippen LogP contribution in [0.25, 0.3) is 0 Å². The first-order valence-electron chi connectivity index (χ1n) is 5.62. The second-order valence-electron chi connectivity index (χ2n) is 3.67. The topological polar surface area (TPSA) is 68.3 Å². The number of amidine groups is 1. The molecule has 0 atom stereocenters. The number of hydrogen-bond donors (Lipinski definition) is 2. The average molecular weight is 276 g/mol. The summed E-state index contributed by atoms with van der Waals surface area (Å²) in [6.45, 7) is 2.84. The maximum atomic E-state index is 12.5. The lowest BCUT2D eigenvalue weighted by Crippen LogP contribution is -2.16. The maximum Gasteiger partial charge on any atom is 0.416 e. The van der Waals surface area contributed by atoms with Crippen molar-refractivity contribution in [3.8, 4) is 5.75 Å². The first-order chi connectivity index (χ1) is 8.86. The molecule has 0 bridgehead atoms. The van der Waals surface area contributed by atoms with Gasteiger partial charge in [-0.15, -0.1) is 0 Å². The van der Waals surface area contributed by atoms with Gasteiger partial charge >= 0.3 is 6.18 Å². The smallest absolute Gasteiger partial charge is 0.416 e. The molecule has 0 saturated heterocycles. The van der Waals surface area contributed by atoms with Crippen molar-refractivity contribution in [1.82, 2.24) is 0 Å². The van der Waals surface area contributed by atoms with Gasteiger partial charge in [0.1, 0.15) is 18.2 Å². The highest BCUT2D eigenvalue weighted by molar-refractivity contribution is 5.97. The van der Waals surface area contributed by atoms with Crippen molar-refractivity contribution < 1.29 is 22.6 Å². The van der Waals surface area contributed by atoms with Gasteiger partial charge in [0.15, 0.2) is 0 Å². The zero-order valence-corrected chi connectivity index (χ0v) is 10.4. The lowest BCUT2D eigenvalue weighted by molar-refractivity contribution is -0.137. The molecule has 3 N–H and O–H groups in total. The molecule has 0 saturated carbocycles. The van der Waals surface area contributed by atoms with Crippen LogP contribution in [0.15, 0.2) is 18.2 Å². The summed E-state index contributed by atoms with van der Waals surface area (Å²) in [7, 11) is 0. The number of nitrogens with two attached hydrogens (primary N) is 1. The van der Waals surface area contributed by atoms with Crippen LogP contribution in [0.2, 0.25) is 0 Å². The highest BCUT2D eigenvalue weighted by Crippen LogP contribution is 2.32. The van der Waals surface area contributed by atoms with E-state index in [9.17, 15) is 13.2 Å². The molecule has 7 heteroatoms. The van der Waals surface area contributed by atoms with Crippen LogP contribution < -0.4 is 10.5 Å². The summed E-state index contributed by atoms with van der Waals surface area (Å²) in [6, 6.07) is 2.85. The number of hydrogen-bond acceptors (Lipinski definition) is 3. The number of ether oxygens (including phenoxy) is 2. The predicted octanol–water partition coefficient (Wildman–Crippen LogP) is 2.40. The fourth-order valence-corrected chi connectivity index (χ4v) is 1.40. The predicted molar refractivity (Wildman–Crippen MR) is 64.4 cm³/mol. The molecule has 1 rings (SSSR count). The van der Waals surface area contributed by atoms with Gasteiger partial charge in [-0.25, -0.2) is 0 Å². The second-order valence-corrected chi connectivity index (χ2v) is 3.67. The molecule has 4 nitrogen and oxygen atoms in total. The number of benzene rings is 1. The molecule has 0 unspecified atom stereocenters. The second kappa shape index (κ2) is 6.42. The van der Waals surface area contributed by atoms with Gasteiger partial charge in [0.2, 0.25) is 0 Å². The highest BCUT2D eigenvalue weighted by Gasteiger charge is 2.31. The Morgan fingerprint density at radius 3 is 2.53 bits per heavy atom. The van der Waals surface area contributed by atoms with E-state index in [-0.39, 0.29) is 17.9 Å². The Balaban J connectivity index is 2.90. The van der Waals surface area contributed by atoms with E-state index >= 15 is 0 Å². The monoisotopic (exact) mass is 276 g/mol. The molecule has 0 spiro atoms. The minimum absolute atomic E-state index is 0.0775. The minimum Gasteiger partial charge on any atom is -0.490 e. The highest BCUT2D eigenvalue weighted by atomic mass is 19.4. The third-order valence-corrected chi connectivity index (χ3v) is 2.29. The molecule has 0 fully saturated rings. The normalized spacial score (nSPS) is 11.4. The van der Waals surface area contributed by atoms with Crippen molar-refractivity contribution in [1.29, 1.82) is 5.41 Å². The Kier molecular flexibility index (Phi) is 5.17. The number of nitrogen functional groups attached to an aromatic ring is 1. The molecular formula is C12H15F3N2O2. The van der Waals surface area contributed by atoms with Crippen LogP contribution in [0.4, 0.5) is 13.2 Å². The van der Waals surface area contributed by atoms with Gasteiger partial charge in [-0.1, -0.05) is 0 Å². The summed E-state index contributed by atoms with van der Waals surface area (Å²) in [4.78, 5) is 0. The van der Waals surface area contributed by atoms with Gasteiger partial charge in [-0.3, -0.25) is 5.41 Å². The molecule has 0 aliphatic carbocycles. The lowest BCUT2D eigenvalue weighted by Gasteiger charge is -2.13. The summed E-state index contributed by atoms with van der Waals surface area (Å²) in [5, 5.41) is 7.29. The lowest BCUT2D eigenvalue weighted by atomic mass is 10.1. The van der Waals surface area contributed by atoms with Gasteiger partial charge < -0.3 is 15.2 Å². The molecule has 1 aromatic carbocycles. The number of alkyl halides is 3. The number of halogens is 3. The van der Waals surface area contributed by atoms with Crippen molar-refractivity contribution in [2.75, 3.05) is 19.8 Å². The Hall–Kier alpha value is -1.76. The van der Waals surface area contributed by atoms with E-state index in [1.807, 2.05) is 6.92 Å². The molecule has 0 heterocycles. The zero-order valence-electron chi connectivity index (χ0n) is 10.4. The van der Waals surface area contributed by atoms with Crippen molar-refractivity contribution in [2.24, 2.45) is 5.73 Å². The minimum atomic E-state index is -4.48. The van der Waals surface area contributed by atoms with E-state index in [1.165, 1.54) is 0 Å². The summed E-state index contributed by atoms with van der Waals surface area (Å²) in [6.07, 6.45) is -4.48. The van der Waals surface area contributed by atoms with Crippen molar-refractivity contribution in [3.63, 3.8) is 0 Å². The van der Waals surface area contributed by atoms with Crippen LogP contribution in [0, 0.1) is 5.41 Å². The van der Waals surface area contributed by atoms with E-state index in [0.29, 0.717) is 13.2 Å². The fraction of sp³-hybridized carbons (Fsp3) is 0.417. The SMILES string of the molecule is CCOCCOc1ccc(C(F)(F)F)cc1C(=N)N. The van der Waals surface area contributed by atoms with E-state index in [4.69, 9.17) is 20.6 Å². The largest absolute Gasteiger partial charge is 0.490 e. The Bertz CT molecular complexity index is 447. The van der Waals surface area contributed by atoms with Crippen LogP contribution in [-0.4, -0.2) is 25.7 Å². The molecule has 0 amide bonds. The molecule has 0 aliphatic rings. The summed E-state index contributed by atoms with van der Waals surface area (Å²) >= 11 is 0. The molecule has 106 valence electrons. The Morgan fingerprint density at radius 2 is 2.00 bits per heavy atom. The van der Waals surface area contributed by atoms with Crippen molar-refractivity contribution in [2.45, 2.75) is 13.1 Å². The van der Waals surface area contributed by atoms with Crippen molar-refractivity contribution in [3.05, 3.63) is 29.3 Å². The Labute approximate surface area is 108 Å². The molecule has 0 aliphatic heterocycles. The quantitative estimate of drug-likeness (QED) is 0.476. The van der Waals surface area contributed by atoms with Gasteiger partial charge in [-0.2, -0.15) is 13.2 Å². The van der Waals surface area contributed by atoms with E-state index in [2.05, 4.69) is 0 Å².